The number of aryl methyl sites for hydroxylation is 1. The Kier molecular flexibility index (Phi) is 2.33. The number of hydrogen-bond acceptors (Lipinski definition) is 3. The summed E-state index contributed by atoms with van der Waals surface area (Å²) in [4.78, 5) is 6.80. The van der Waals surface area contributed by atoms with Gasteiger partial charge in [0, 0.05) is 6.54 Å². The van der Waals surface area contributed by atoms with Crippen LogP contribution in [0.3, 0.4) is 0 Å². The molecule has 0 aliphatic carbocycles. The molecule has 2 heterocycles. The Morgan fingerprint density at radius 3 is 2.94 bits per heavy atom. The molecule has 1 aromatic carbocycles. The van der Waals surface area contributed by atoms with E-state index in [0.29, 0.717) is 12.0 Å². The van der Waals surface area contributed by atoms with Crippen LogP contribution in [0, 0.1) is 6.92 Å². The summed E-state index contributed by atoms with van der Waals surface area (Å²) >= 11 is 0. The quantitative estimate of drug-likeness (QED) is 0.812. The highest BCUT2D eigenvalue weighted by atomic mass is 15.2. The van der Waals surface area contributed by atoms with Crippen LogP contribution in [0.2, 0.25) is 0 Å². The average molecular weight is 230 g/mol. The van der Waals surface area contributed by atoms with Crippen molar-refractivity contribution in [2.75, 3.05) is 25.9 Å². The molecule has 1 atom stereocenters. The van der Waals surface area contributed by atoms with Gasteiger partial charge in [0.25, 0.3) is 0 Å². The SMILES string of the molecule is Cc1ccc2c(c1)nc(N)n2C1CCN(C)C1. The third-order valence-corrected chi connectivity index (χ3v) is 3.60. The van der Waals surface area contributed by atoms with Gasteiger partial charge in [-0.3, -0.25) is 0 Å². The first kappa shape index (κ1) is 10.6. The Hall–Kier alpha value is -1.55. The highest BCUT2D eigenvalue weighted by Crippen LogP contribution is 2.28. The summed E-state index contributed by atoms with van der Waals surface area (Å²) in [6.45, 7) is 4.27. The zero-order valence-electron chi connectivity index (χ0n) is 10.3. The summed E-state index contributed by atoms with van der Waals surface area (Å²) in [5, 5.41) is 0. The summed E-state index contributed by atoms with van der Waals surface area (Å²) in [5.41, 5.74) is 9.46. The van der Waals surface area contributed by atoms with Crippen LogP contribution in [0.15, 0.2) is 18.2 Å². The maximum Gasteiger partial charge on any atom is 0.201 e. The zero-order valence-corrected chi connectivity index (χ0v) is 10.3. The number of likely N-dealkylation sites (tertiary alicyclic amines) is 1. The minimum Gasteiger partial charge on any atom is -0.369 e. The number of benzene rings is 1. The number of hydrogen-bond donors (Lipinski definition) is 1. The van der Waals surface area contributed by atoms with E-state index in [9.17, 15) is 0 Å². The smallest absolute Gasteiger partial charge is 0.201 e. The van der Waals surface area contributed by atoms with Gasteiger partial charge in [-0.15, -0.1) is 0 Å². The van der Waals surface area contributed by atoms with Crippen molar-refractivity contribution in [3.63, 3.8) is 0 Å². The van der Waals surface area contributed by atoms with Crippen molar-refractivity contribution in [2.45, 2.75) is 19.4 Å². The number of anilines is 1. The Morgan fingerprint density at radius 2 is 2.24 bits per heavy atom. The lowest BCUT2D eigenvalue weighted by Crippen LogP contribution is -2.17. The van der Waals surface area contributed by atoms with Gasteiger partial charge < -0.3 is 15.2 Å². The summed E-state index contributed by atoms with van der Waals surface area (Å²) in [5.74, 6) is 0.644. The molecular formula is C13H18N4. The molecule has 1 unspecified atom stereocenters. The van der Waals surface area contributed by atoms with Gasteiger partial charge in [0.1, 0.15) is 0 Å². The van der Waals surface area contributed by atoms with Crippen molar-refractivity contribution in [3.05, 3.63) is 23.8 Å². The summed E-state index contributed by atoms with van der Waals surface area (Å²) in [6, 6.07) is 6.82. The molecule has 0 bridgehead atoms. The predicted octanol–water partition coefficient (Wildman–Crippen LogP) is 1.80. The number of nitrogens with zero attached hydrogens (tertiary/aromatic N) is 3. The van der Waals surface area contributed by atoms with Crippen molar-refractivity contribution in [2.24, 2.45) is 0 Å². The molecule has 0 spiro atoms. The second kappa shape index (κ2) is 3.74. The van der Waals surface area contributed by atoms with E-state index in [2.05, 4.69) is 46.6 Å². The third kappa shape index (κ3) is 1.69. The van der Waals surface area contributed by atoms with Gasteiger partial charge in [0.2, 0.25) is 5.95 Å². The second-order valence-corrected chi connectivity index (χ2v) is 5.04. The van der Waals surface area contributed by atoms with Crippen molar-refractivity contribution in [1.82, 2.24) is 14.5 Å². The maximum absolute atomic E-state index is 6.06. The summed E-state index contributed by atoms with van der Waals surface area (Å²) in [6.07, 6.45) is 1.15. The van der Waals surface area contributed by atoms with E-state index >= 15 is 0 Å². The largest absolute Gasteiger partial charge is 0.369 e. The maximum atomic E-state index is 6.06. The summed E-state index contributed by atoms with van der Waals surface area (Å²) in [7, 11) is 2.15. The Morgan fingerprint density at radius 1 is 1.41 bits per heavy atom. The van der Waals surface area contributed by atoms with Gasteiger partial charge in [-0.25, -0.2) is 4.98 Å². The van der Waals surface area contributed by atoms with Crippen LogP contribution >= 0.6 is 0 Å². The molecule has 1 aliphatic rings. The van der Waals surface area contributed by atoms with Crippen LogP contribution in [-0.4, -0.2) is 34.6 Å². The van der Waals surface area contributed by atoms with E-state index in [1.807, 2.05) is 0 Å². The molecular weight excluding hydrogens is 212 g/mol. The number of imidazole rings is 1. The van der Waals surface area contributed by atoms with Crippen molar-refractivity contribution >= 4 is 17.0 Å². The van der Waals surface area contributed by atoms with E-state index in [1.165, 1.54) is 5.56 Å². The highest BCUT2D eigenvalue weighted by molar-refractivity contribution is 5.79. The lowest BCUT2D eigenvalue weighted by atomic mass is 10.2. The van der Waals surface area contributed by atoms with E-state index in [1.54, 1.807) is 0 Å². The third-order valence-electron chi connectivity index (χ3n) is 3.60. The number of rotatable bonds is 1. The molecule has 0 amide bonds. The minimum atomic E-state index is 0.465. The van der Waals surface area contributed by atoms with Gasteiger partial charge in [-0.1, -0.05) is 6.07 Å². The van der Waals surface area contributed by atoms with E-state index in [4.69, 9.17) is 5.73 Å². The number of nitrogen functional groups attached to an aromatic ring is 1. The second-order valence-electron chi connectivity index (χ2n) is 5.04. The topological polar surface area (TPSA) is 47.1 Å². The number of nitrogens with two attached hydrogens (primary N) is 1. The molecule has 2 aromatic rings. The standard InChI is InChI=1S/C13H18N4/c1-9-3-4-12-11(7-9)15-13(14)17(12)10-5-6-16(2)8-10/h3-4,7,10H,5-6,8H2,1-2H3,(H2,14,15). The van der Waals surface area contributed by atoms with E-state index < -0.39 is 0 Å². The zero-order chi connectivity index (χ0) is 12.0. The van der Waals surface area contributed by atoms with Crippen molar-refractivity contribution < 1.29 is 0 Å². The van der Waals surface area contributed by atoms with Gasteiger partial charge >= 0.3 is 0 Å². The van der Waals surface area contributed by atoms with Gasteiger partial charge in [0.05, 0.1) is 17.1 Å². The first-order valence-corrected chi connectivity index (χ1v) is 6.08. The molecule has 3 rings (SSSR count). The molecule has 90 valence electrons. The van der Waals surface area contributed by atoms with Gasteiger partial charge in [-0.2, -0.15) is 0 Å². The molecule has 1 saturated heterocycles. The number of fused-ring (bicyclic) bond motifs is 1. The fourth-order valence-electron chi connectivity index (χ4n) is 2.73. The molecule has 1 aliphatic heterocycles. The number of aromatic nitrogens is 2. The fourth-order valence-corrected chi connectivity index (χ4v) is 2.73. The Balaban J connectivity index is 2.12. The van der Waals surface area contributed by atoms with Crippen molar-refractivity contribution in [1.29, 1.82) is 0 Å². The molecule has 4 nitrogen and oxygen atoms in total. The lowest BCUT2D eigenvalue weighted by Gasteiger charge is -2.14. The van der Waals surface area contributed by atoms with Crippen LogP contribution in [0.4, 0.5) is 5.95 Å². The van der Waals surface area contributed by atoms with E-state index in [0.717, 1.165) is 30.5 Å². The van der Waals surface area contributed by atoms with Crippen LogP contribution in [0.5, 0.6) is 0 Å². The van der Waals surface area contributed by atoms with Crippen LogP contribution in [0.1, 0.15) is 18.0 Å². The Bertz CT molecular complexity index is 558. The molecule has 0 saturated carbocycles. The number of likely N-dealkylation sites (N-methyl/N-ethyl adjacent to an activating group) is 1. The molecule has 1 fully saturated rings. The van der Waals surface area contributed by atoms with Gasteiger partial charge in [0.15, 0.2) is 0 Å². The van der Waals surface area contributed by atoms with Gasteiger partial charge in [-0.05, 0) is 44.6 Å². The first-order chi connectivity index (χ1) is 8.15. The highest BCUT2D eigenvalue weighted by Gasteiger charge is 2.24. The minimum absolute atomic E-state index is 0.465. The Labute approximate surface area is 101 Å². The summed E-state index contributed by atoms with van der Waals surface area (Å²) < 4.78 is 2.19. The fraction of sp³-hybridized carbons (Fsp3) is 0.462. The predicted molar refractivity (Wildman–Crippen MR) is 70.0 cm³/mol. The van der Waals surface area contributed by atoms with Crippen LogP contribution < -0.4 is 5.73 Å². The molecule has 0 radical (unpaired) electrons. The molecule has 2 N–H and O–H groups in total. The first-order valence-electron chi connectivity index (χ1n) is 6.08. The molecule has 17 heavy (non-hydrogen) atoms. The average Bonchev–Trinajstić information content (AvgIpc) is 2.80. The monoisotopic (exact) mass is 230 g/mol. The van der Waals surface area contributed by atoms with Crippen molar-refractivity contribution in [3.8, 4) is 0 Å². The molecule has 4 heteroatoms. The molecule has 1 aromatic heterocycles. The lowest BCUT2D eigenvalue weighted by molar-refractivity contribution is 0.396. The van der Waals surface area contributed by atoms with E-state index in [-0.39, 0.29) is 0 Å². The van der Waals surface area contributed by atoms with Crippen LogP contribution in [-0.2, 0) is 0 Å². The normalized spacial score (nSPS) is 21.4. The van der Waals surface area contributed by atoms with Crippen LogP contribution in [0.25, 0.3) is 11.0 Å².